The summed E-state index contributed by atoms with van der Waals surface area (Å²) in [6.07, 6.45) is 4.11. The van der Waals surface area contributed by atoms with Crippen LogP contribution in [-0.4, -0.2) is 24.1 Å². The Labute approximate surface area is 143 Å². The Morgan fingerprint density at radius 3 is 2.46 bits per heavy atom. The number of anilines is 3. The van der Waals surface area contributed by atoms with Crippen molar-refractivity contribution in [2.75, 3.05) is 28.6 Å². The molecule has 0 aliphatic carbocycles. The minimum atomic E-state index is -0.249. The van der Waals surface area contributed by atoms with Crippen molar-refractivity contribution >= 4 is 23.2 Å². The topological polar surface area (TPSA) is 57.3 Å². The van der Waals surface area contributed by atoms with Gasteiger partial charge >= 0.3 is 6.03 Å². The molecule has 24 heavy (non-hydrogen) atoms. The van der Waals surface area contributed by atoms with Gasteiger partial charge in [-0.05, 0) is 48.6 Å². The molecule has 5 heteroatoms. The lowest BCUT2D eigenvalue weighted by Gasteiger charge is -2.20. The van der Waals surface area contributed by atoms with Crippen molar-refractivity contribution < 1.29 is 4.79 Å². The molecule has 2 aromatic rings. The Morgan fingerprint density at radius 2 is 1.79 bits per heavy atom. The molecule has 126 valence electrons. The smallest absolute Gasteiger partial charge is 0.323 e. The molecule has 1 aliphatic rings. The van der Waals surface area contributed by atoms with Crippen LogP contribution in [0.15, 0.2) is 42.6 Å². The summed E-state index contributed by atoms with van der Waals surface area (Å²) in [6.45, 7) is 6.28. The fourth-order valence-electron chi connectivity index (χ4n) is 2.91. The summed E-state index contributed by atoms with van der Waals surface area (Å²) in [5, 5.41) is 5.80. The van der Waals surface area contributed by atoms with Gasteiger partial charge in [-0.15, -0.1) is 0 Å². The number of benzene rings is 1. The van der Waals surface area contributed by atoms with Crippen LogP contribution in [0.3, 0.4) is 0 Å². The predicted molar refractivity (Wildman–Crippen MR) is 98.9 cm³/mol. The number of aromatic nitrogens is 1. The zero-order valence-corrected chi connectivity index (χ0v) is 14.2. The summed E-state index contributed by atoms with van der Waals surface area (Å²) in [7, 11) is 0. The third-order valence-corrected chi connectivity index (χ3v) is 4.28. The van der Waals surface area contributed by atoms with E-state index in [2.05, 4.69) is 34.4 Å². The van der Waals surface area contributed by atoms with E-state index in [1.54, 1.807) is 6.20 Å². The Bertz CT molecular complexity index is 691. The standard InChI is InChI=1S/C19H24N4O/c1-14(2)15-7-9-16(10-8-15)21-19(24)22-17-6-5-11-20-18(17)23-12-3-4-13-23/h5-11,14H,3-4,12-13H2,1-2H3,(H2,21,22,24). The van der Waals surface area contributed by atoms with Gasteiger partial charge in [0, 0.05) is 25.0 Å². The van der Waals surface area contributed by atoms with E-state index in [9.17, 15) is 4.79 Å². The van der Waals surface area contributed by atoms with E-state index >= 15 is 0 Å². The highest BCUT2D eigenvalue weighted by molar-refractivity contribution is 6.01. The summed E-state index contributed by atoms with van der Waals surface area (Å²) in [5.41, 5.74) is 2.78. The predicted octanol–water partition coefficient (Wildman–Crippen LogP) is 4.45. The molecule has 5 nitrogen and oxygen atoms in total. The third kappa shape index (κ3) is 3.85. The van der Waals surface area contributed by atoms with Crippen LogP contribution in [0, 0.1) is 0 Å². The Kier molecular flexibility index (Phi) is 4.99. The molecule has 0 spiro atoms. The second kappa shape index (κ2) is 7.34. The van der Waals surface area contributed by atoms with E-state index in [0.717, 1.165) is 30.3 Å². The van der Waals surface area contributed by atoms with Crippen molar-refractivity contribution in [2.45, 2.75) is 32.6 Å². The maximum absolute atomic E-state index is 12.3. The van der Waals surface area contributed by atoms with E-state index in [-0.39, 0.29) is 6.03 Å². The highest BCUT2D eigenvalue weighted by atomic mass is 16.2. The highest BCUT2D eigenvalue weighted by Crippen LogP contribution is 2.26. The molecule has 1 aromatic heterocycles. The zero-order chi connectivity index (χ0) is 16.9. The molecule has 1 saturated heterocycles. The van der Waals surface area contributed by atoms with E-state index in [4.69, 9.17) is 0 Å². The molecule has 0 atom stereocenters. The second-order valence-corrected chi connectivity index (χ2v) is 6.42. The molecular weight excluding hydrogens is 300 g/mol. The minimum Gasteiger partial charge on any atom is -0.355 e. The number of amides is 2. The largest absolute Gasteiger partial charge is 0.355 e. The zero-order valence-electron chi connectivity index (χ0n) is 14.2. The number of pyridine rings is 1. The summed E-state index contributed by atoms with van der Waals surface area (Å²) in [5.74, 6) is 1.33. The Morgan fingerprint density at radius 1 is 1.08 bits per heavy atom. The number of hydrogen-bond acceptors (Lipinski definition) is 3. The van der Waals surface area contributed by atoms with Crippen LogP contribution in [0.1, 0.15) is 38.2 Å². The normalized spacial score (nSPS) is 14.0. The molecule has 1 fully saturated rings. The van der Waals surface area contributed by atoms with Crippen LogP contribution in [-0.2, 0) is 0 Å². The van der Waals surface area contributed by atoms with Gasteiger partial charge < -0.3 is 15.5 Å². The Balaban J connectivity index is 1.66. The van der Waals surface area contributed by atoms with Crippen molar-refractivity contribution in [3.8, 4) is 0 Å². The van der Waals surface area contributed by atoms with Crippen molar-refractivity contribution in [1.82, 2.24) is 4.98 Å². The lowest BCUT2D eigenvalue weighted by molar-refractivity contribution is 0.262. The van der Waals surface area contributed by atoms with Crippen molar-refractivity contribution in [3.63, 3.8) is 0 Å². The first kappa shape index (κ1) is 16.3. The summed E-state index contributed by atoms with van der Waals surface area (Å²) in [6, 6.07) is 11.4. The average Bonchev–Trinajstić information content (AvgIpc) is 3.10. The first-order chi connectivity index (χ1) is 11.6. The van der Waals surface area contributed by atoms with Crippen LogP contribution in [0.25, 0.3) is 0 Å². The summed E-state index contributed by atoms with van der Waals surface area (Å²) in [4.78, 5) is 18.9. The molecule has 2 N–H and O–H groups in total. The summed E-state index contributed by atoms with van der Waals surface area (Å²) >= 11 is 0. The molecule has 2 heterocycles. The lowest BCUT2D eigenvalue weighted by Crippen LogP contribution is -2.24. The molecule has 3 rings (SSSR count). The molecule has 0 radical (unpaired) electrons. The fraction of sp³-hybridized carbons (Fsp3) is 0.368. The molecule has 1 aromatic carbocycles. The molecule has 0 unspecified atom stereocenters. The van der Waals surface area contributed by atoms with Gasteiger partial charge in [-0.1, -0.05) is 26.0 Å². The number of nitrogens with zero attached hydrogens (tertiary/aromatic N) is 2. The number of nitrogens with one attached hydrogen (secondary N) is 2. The van der Waals surface area contributed by atoms with Crippen LogP contribution >= 0.6 is 0 Å². The molecule has 1 aliphatic heterocycles. The molecule has 2 amide bonds. The van der Waals surface area contributed by atoms with Gasteiger partial charge in [0.1, 0.15) is 0 Å². The van der Waals surface area contributed by atoms with Crippen molar-refractivity contribution in [1.29, 1.82) is 0 Å². The SMILES string of the molecule is CC(C)c1ccc(NC(=O)Nc2cccnc2N2CCCC2)cc1. The monoisotopic (exact) mass is 324 g/mol. The minimum absolute atomic E-state index is 0.249. The van der Waals surface area contributed by atoms with Gasteiger partial charge in [-0.2, -0.15) is 0 Å². The molecular formula is C19H24N4O. The van der Waals surface area contributed by atoms with Crippen molar-refractivity contribution in [3.05, 3.63) is 48.2 Å². The van der Waals surface area contributed by atoms with Crippen LogP contribution in [0.5, 0.6) is 0 Å². The average molecular weight is 324 g/mol. The molecule has 0 bridgehead atoms. The number of rotatable bonds is 4. The quantitative estimate of drug-likeness (QED) is 0.873. The van der Waals surface area contributed by atoms with Crippen molar-refractivity contribution in [2.24, 2.45) is 0 Å². The van der Waals surface area contributed by atoms with Crippen LogP contribution < -0.4 is 15.5 Å². The number of hydrogen-bond donors (Lipinski definition) is 2. The number of urea groups is 1. The van der Waals surface area contributed by atoms with E-state index in [1.165, 1.54) is 18.4 Å². The van der Waals surface area contributed by atoms with Gasteiger partial charge in [0.15, 0.2) is 5.82 Å². The maximum atomic E-state index is 12.3. The Hall–Kier alpha value is -2.56. The molecule has 0 saturated carbocycles. The maximum Gasteiger partial charge on any atom is 0.323 e. The van der Waals surface area contributed by atoms with Gasteiger partial charge in [0.05, 0.1) is 5.69 Å². The van der Waals surface area contributed by atoms with Gasteiger partial charge in [0.2, 0.25) is 0 Å². The fourth-order valence-corrected chi connectivity index (χ4v) is 2.91. The van der Waals surface area contributed by atoms with Gasteiger partial charge in [-0.3, -0.25) is 0 Å². The second-order valence-electron chi connectivity index (χ2n) is 6.42. The first-order valence-electron chi connectivity index (χ1n) is 8.51. The van der Waals surface area contributed by atoms with Crippen LogP contribution in [0.4, 0.5) is 22.0 Å². The van der Waals surface area contributed by atoms with Crippen LogP contribution in [0.2, 0.25) is 0 Å². The summed E-state index contributed by atoms with van der Waals surface area (Å²) < 4.78 is 0. The van der Waals surface area contributed by atoms with Gasteiger partial charge in [0.25, 0.3) is 0 Å². The highest BCUT2D eigenvalue weighted by Gasteiger charge is 2.17. The van der Waals surface area contributed by atoms with E-state index in [0.29, 0.717) is 5.92 Å². The third-order valence-electron chi connectivity index (χ3n) is 4.28. The first-order valence-corrected chi connectivity index (χ1v) is 8.51. The number of carbonyl (C=O) groups is 1. The van der Waals surface area contributed by atoms with E-state index in [1.807, 2.05) is 36.4 Å². The van der Waals surface area contributed by atoms with Gasteiger partial charge in [-0.25, -0.2) is 9.78 Å². The lowest BCUT2D eigenvalue weighted by atomic mass is 10.0. The van der Waals surface area contributed by atoms with E-state index < -0.39 is 0 Å². The number of carbonyl (C=O) groups excluding carboxylic acids is 1.